The van der Waals surface area contributed by atoms with Crippen molar-refractivity contribution in [2.75, 3.05) is 0 Å². The van der Waals surface area contributed by atoms with Gasteiger partial charge in [0.2, 0.25) is 0 Å². The number of rotatable bonds is 0. The van der Waals surface area contributed by atoms with Crippen LogP contribution in [0.15, 0.2) is 0 Å². The van der Waals surface area contributed by atoms with Gasteiger partial charge < -0.3 is 11.0 Å². The van der Waals surface area contributed by atoms with Crippen LogP contribution in [0.2, 0.25) is 0 Å². The Balaban J connectivity index is 0. The van der Waals surface area contributed by atoms with E-state index in [2.05, 4.69) is 0 Å². The molecular weight excluding hydrogens is 188 g/mol. The Hall–Kier alpha value is 2.97. The molecule has 0 aromatic rings. The van der Waals surface area contributed by atoms with Crippen molar-refractivity contribution in [3.05, 3.63) is 0 Å². The first-order valence-corrected chi connectivity index (χ1v) is 0. The maximum Gasteiger partial charge on any atom is 1.00 e. The van der Waals surface area contributed by atoms with Crippen LogP contribution in [-0.4, -0.2) is 11.0 Å². The van der Waals surface area contributed by atoms with Gasteiger partial charge in [-0.05, 0) is 0 Å². The van der Waals surface area contributed by atoms with Gasteiger partial charge in [0.1, 0.15) is 0 Å². The Morgan fingerprint density at radius 1 is 0.750 bits per heavy atom. The summed E-state index contributed by atoms with van der Waals surface area (Å²) in [6, 6.07) is 0. The van der Waals surface area contributed by atoms with Gasteiger partial charge in [-0.3, -0.25) is 0 Å². The van der Waals surface area contributed by atoms with E-state index in [9.17, 15) is 0 Å². The molecule has 0 saturated heterocycles. The van der Waals surface area contributed by atoms with E-state index in [1.165, 1.54) is 0 Å². The summed E-state index contributed by atoms with van der Waals surface area (Å²) in [5, 5.41) is 0. The van der Waals surface area contributed by atoms with Gasteiger partial charge in [0.25, 0.3) is 0 Å². The van der Waals surface area contributed by atoms with Crippen molar-refractivity contribution in [1.82, 2.24) is 0 Å². The molecule has 0 aromatic heterocycles. The molecule has 0 atom stereocenters. The normalized spacial score (nSPS) is 0. The molecule has 0 heterocycles. The molecule has 16 valence electrons. The second-order valence-electron chi connectivity index (χ2n) is 0. The average molecular weight is 190 g/mol. The second kappa shape index (κ2) is 16.7. The number of hydrogen-bond donors (Lipinski definition) is 0. The third-order valence-electron chi connectivity index (χ3n) is 0. The summed E-state index contributed by atoms with van der Waals surface area (Å²) in [5.41, 5.74) is 0. The zero-order valence-electron chi connectivity index (χ0n) is 2.89. The van der Waals surface area contributed by atoms with E-state index >= 15 is 0 Å². The molecule has 0 fully saturated rings. The van der Waals surface area contributed by atoms with Gasteiger partial charge in [-0.15, -0.1) is 0 Å². The Bertz CT molecular complexity index is 6.00. The Morgan fingerprint density at radius 2 is 0.750 bits per heavy atom. The van der Waals surface area contributed by atoms with Gasteiger partial charge in [-0.1, -0.05) is 0 Å². The fourth-order valence-electron chi connectivity index (χ4n) is 0. The minimum atomic E-state index is 0. The SMILES string of the molecule is [Cs+].[Na+].[OH-].[OH-]. The van der Waals surface area contributed by atoms with E-state index in [1.54, 1.807) is 0 Å². The van der Waals surface area contributed by atoms with Gasteiger partial charge >= 0.3 is 98.5 Å². The minimum absolute atomic E-state index is 0. The first-order valence-electron chi connectivity index (χ1n) is 0. The summed E-state index contributed by atoms with van der Waals surface area (Å²) >= 11 is 0. The third kappa shape index (κ3) is 8.88. The minimum Gasteiger partial charge on any atom is -0.870 e. The third-order valence-corrected chi connectivity index (χ3v) is 0. The van der Waals surface area contributed by atoms with Gasteiger partial charge in [0.15, 0.2) is 0 Å². The van der Waals surface area contributed by atoms with Crippen molar-refractivity contribution in [1.29, 1.82) is 0 Å². The van der Waals surface area contributed by atoms with E-state index in [4.69, 9.17) is 0 Å². The second-order valence-corrected chi connectivity index (χ2v) is 0. The zero-order chi connectivity index (χ0) is 0. The maximum absolute atomic E-state index is 0. The van der Waals surface area contributed by atoms with Crippen LogP contribution in [0.3, 0.4) is 0 Å². The van der Waals surface area contributed by atoms with E-state index in [-0.39, 0.29) is 109 Å². The molecule has 0 saturated carbocycles. The van der Waals surface area contributed by atoms with Crippen molar-refractivity contribution in [2.45, 2.75) is 0 Å². The molecule has 0 bridgehead atoms. The van der Waals surface area contributed by atoms with Crippen molar-refractivity contribution in [3.63, 3.8) is 0 Å². The van der Waals surface area contributed by atoms with Gasteiger partial charge in [0, 0.05) is 0 Å². The molecule has 0 aromatic carbocycles. The first-order chi connectivity index (χ1) is 0. The predicted molar refractivity (Wildman–Crippen MR) is 3.87 cm³/mol. The molecule has 0 unspecified atom stereocenters. The molecule has 0 aliphatic heterocycles. The largest absolute Gasteiger partial charge is 1.00 e. The van der Waals surface area contributed by atoms with Crippen LogP contribution in [-0.2, 0) is 0 Å². The molecule has 2 nitrogen and oxygen atoms in total. The van der Waals surface area contributed by atoms with Crippen molar-refractivity contribution >= 4 is 0 Å². The molecule has 0 radical (unpaired) electrons. The van der Waals surface area contributed by atoms with E-state index in [0.717, 1.165) is 0 Å². The standard InChI is InChI=1S/Cs.Na.2H2O/h;;2*1H2/q2*+1;;/p-2. The number of hydrogen-bond acceptors (Lipinski definition) is 2. The quantitative estimate of drug-likeness (QED) is 0.356. The van der Waals surface area contributed by atoms with Crippen LogP contribution in [0.5, 0.6) is 0 Å². The van der Waals surface area contributed by atoms with E-state index in [0.29, 0.717) is 0 Å². The van der Waals surface area contributed by atoms with Crippen LogP contribution in [0, 0.1) is 0 Å². The van der Waals surface area contributed by atoms with Gasteiger partial charge in [-0.25, -0.2) is 0 Å². The molecular formula is H2CsNaO2. The van der Waals surface area contributed by atoms with Crippen LogP contribution < -0.4 is 98.5 Å². The van der Waals surface area contributed by atoms with Crippen molar-refractivity contribution in [2.24, 2.45) is 0 Å². The van der Waals surface area contributed by atoms with Crippen LogP contribution in [0.25, 0.3) is 0 Å². The smallest absolute Gasteiger partial charge is 0.870 e. The first kappa shape index (κ1) is 28.2. The molecule has 0 aliphatic carbocycles. The van der Waals surface area contributed by atoms with E-state index in [1.807, 2.05) is 0 Å². The van der Waals surface area contributed by atoms with E-state index < -0.39 is 0 Å². The summed E-state index contributed by atoms with van der Waals surface area (Å²) in [6.07, 6.45) is 0. The molecule has 4 heavy (non-hydrogen) atoms. The van der Waals surface area contributed by atoms with Crippen LogP contribution >= 0.6 is 0 Å². The van der Waals surface area contributed by atoms with Crippen LogP contribution in [0.1, 0.15) is 0 Å². The fourth-order valence-corrected chi connectivity index (χ4v) is 0. The summed E-state index contributed by atoms with van der Waals surface area (Å²) in [6.45, 7) is 0. The molecule has 2 N–H and O–H groups in total. The van der Waals surface area contributed by atoms with Gasteiger partial charge in [0.05, 0.1) is 0 Å². The average Bonchev–Trinajstić information content (AvgIpc) is 0. The summed E-state index contributed by atoms with van der Waals surface area (Å²) in [4.78, 5) is 0. The van der Waals surface area contributed by atoms with Gasteiger partial charge in [-0.2, -0.15) is 0 Å². The Kier molecular flexibility index (Phi) is 118. The molecule has 0 rings (SSSR count). The Morgan fingerprint density at radius 3 is 0.750 bits per heavy atom. The van der Waals surface area contributed by atoms with Crippen molar-refractivity contribution in [3.8, 4) is 0 Å². The maximum atomic E-state index is 0. The molecule has 0 amide bonds. The zero-order valence-corrected chi connectivity index (χ0v) is 11.2. The molecule has 0 spiro atoms. The summed E-state index contributed by atoms with van der Waals surface area (Å²) in [7, 11) is 0. The predicted octanol–water partition coefficient (Wildman–Crippen LogP) is -6.35. The summed E-state index contributed by atoms with van der Waals surface area (Å²) in [5.74, 6) is 0. The molecule has 0 aliphatic rings. The summed E-state index contributed by atoms with van der Waals surface area (Å²) < 4.78 is 0. The monoisotopic (exact) mass is 190 g/mol. The topological polar surface area (TPSA) is 60.0 Å². The Labute approximate surface area is 106 Å². The fraction of sp³-hybridized carbons (Fsp3) is 0. The molecule has 4 heteroatoms. The van der Waals surface area contributed by atoms with Crippen molar-refractivity contribution < 1.29 is 109 Å². The van der Waals surface area contributed by atoms with Crippen LogP contribution in [0.4, 0.5) is 0 Å².